The van der Waals surface area contributed by atoms with Crippen LogP contribution in [0.15, 0.2) is 0 Å². The molecule has 0 radical (unpaired) electrons. The van der Waals surface area contributed by atoms with Gasteiger partial charge in [0.1, 0.15) is 0 Å². The smallest absolute Gasteiger partial charge is 0.214 e. The molecule has 0 aromatic heterocycles. The number of rotatable bonds is 5. The van der Waals surface area contributed by atoms with Crippen molar-refractivity contribution in [1.29, 1.82) is 0 Å². The summed E-state index contributed by atoms with van der Waals surface area (Å²) in [6, 6.07) is 0. The molecule has 2 N–H and O–H groups in total. The quantitative estimate of drug-likeness (QED) is 0.680. The number of β-amino-alcohol motifs (C(OH)–C–C–N with tert-alkyl or cyclic N) is 1. The number of hydrogen-bond acceptors (Lipinski definition) is 4. The van der Waals surface area contributed by atoms with Crippen LogP contribution in [0.4, 0.5) is 0 Å². The fraction of sp³-hybridized carbons (Fsp3) is 1.00. The summed E-state index contributed by atoms with van der Waals surface area (Å²) in [5.74, 6) is 0.594. The zero-order valence-corrected chi connectivity index (χ0v) is 10.5. The Morgan fingerprint density at radius 2 is 2.19 bits per heavy atom. The Hall–Kier alpha value is -0.170. The molecule has 1 unspecified atom stereocenters. The van der Waals surface area contributed by atoms with Gasteiger partial charge >= 0.3 is 0 Å². The van der Waals surface area contributed by atoms with Gasteiger partial charge in [-0.3, -0.25) is 0 Å². The fourth-order valence-corrected chi connectivity index (χ4v) is 3.71. The summed E-state index contributed by atoms with van der Waals surface area (Å²) in [5, 5.41) is 13.2. The SMILES string of the molecule is CN(CC1(O)CCNC1)S(=O)(=O)CC1CC1. The zero-order valence-electron chi connectivity index (χ0n) is 9.65. The van der Waals surface area contributed by atoms with Gasteiger partial charge in [0.2, 0.25) is 10.0 Å². The van der Waals surface area contributed by atoms with E-state index in [0.717, 1.165) is 19.4 Å². The fourth-order valence-electron chi connectivity index (χ4n) is 2.09. The molecule has 0 aromatic rings. The highest BCUT2D eigenvalue weighted by molar-refractivity contribution is 7.89. The lowest BCUT2D eigenvalue weighted by Gasteiger charge is -2.27. The van der Waals surface area contributed by atoms with Crippen LogP contribution in [-0.2, 0) is 10.0 Å². The standard InChI is InChI=1S/C10H20N2O3S/c1-12(8-10(13)4-5-11-7-10)16(14,15)6-9-2-3-9/h9,11,13H,2-8H2,1H3. The summed E-state index contributed by atoms with van der Waals surface area (Å²) >= 11 is 0. The third kappa shape index (κ3) is 2.94. The summed E-state index contributed by atoms with van der Waals surface area (Å²) in [4.78, 5) is 0. The van der Waals surface area contributed by atoms with E-state index in [0.29, 0.717) is 18.9 Å². The van der Waals surface area contributed by atoms with Gasteiger partial charge in [-0.2, -0.15) is 0 Å². The molecular formula is C10H20N2O3S. The lowest BCUT2D eigenvalue weighted by atomic mass is 10.0. The molecule has 1 atom stereocenters. The average molecular weight is 248 g/mol. The second-order valence-corrected chi connectivity index (χ2v) is 7.25. The predicted molar refractivity (Wildman–Crippen MR) is 61.6 cm³/mol. The highest BCUT2D eigenvalue weighted by Crippen LogP contribution is 2.31. The molecule has 1 aliphatic heterocycles. The van der Waals surface area contributed by atoms with Gasteiger partial charge < -0.3 is 10.4 Å². The van der Waals surface area contributed by atoms with E-state index in [1.807, 2.05) is 0 Å². The van der Waals surface area contributed by atoms with E-state index in [-0.39, 0.29) is 12.3 Å². The molecule has 1 heterocycles. The normalized spacial score (nSPS) is 31.2. The van der Waals surface area contributed by atoms with Gasteiger partial charge in [-0.05, 0) is 31.7 Å². The first-order valence-corrected chi connectivity index (χ1v) is 7.39. The van der Waals surface area contributed by atoms with Gasteiger partial charge in [0.25, 0.3) is 0 Å². The Balaban J connectivity index is 1.92. The molecule has 1 saturated carbocycles. The van der Waals surface area contributed by atoms with Crippen LogP contribution in [0, 0.1) is 5.92 Å². The average Bonchev–Trinajstić information content (AvgIpc) is 2.87. The van der Waals surface area contributed by atoms with Crippen molar-refractivity contribution >= 4 is 10.0 Å². The Labute approximate surface area is 96.9 Å². The monoisotopic (exact) mass is 248 g/mol. The molecule has 5 nitrogen and oxygen atoms in total. The third-order valence-corrected chi connectivity index (χ3v) is 5.33. The van der Waals surface area contributed by atoms with Crippen molar-refractivity contribution in [3.8, 4) is 0 Å². The van der Waals surface area contributed by atoms with Crippen LogP contribution in [0.25, 0.3) is 0 Å². The molecule has 0 amide bonds. The number of aliphatic hydroxyl groups is 1. The summed E-state index contributed by atoms with van der Waals surface area (Å²) in [6.07, 6.45) is 2.67. The molecule has 94 valence electrons. The van der Waals surface area contributed by atoms with Crippen molar-refractivity contribution in [3.63, 3.8) is 0 Å². The molecule has 6 heteroatoms. The van der Waals surface area contributed by atoms with Crippen LogP contribution in [-0.4, -0.2) is 55.9 Å². The molecular weight excluding hydrogens is 228 g/mol. The Bertz CT molecular complexity index is 345. The Morgan fingerprint density at radius 1 is 1.50 bits per heavy atom. The second kappa shape index (κ2) is 4.25. The predicted octanol–water partition coefficient (Wildman–Crippen LogP) is -0.618. The zero-order chi connectivity index (χ0) is 11.8. The number of likely N-dealkylation sites (N-methyl/N-ethyl adjacent to an activating group) is 1. The Morgan fingerprint density at radius 3 is 2.69 bits per heavy atom. The highest BCUT2D eigenvalue weighted by atomic mass is 32.2. The van der Waals surface area contributed by atoms with Crippen molar-refractivity contribution < 1.29 is 13.5 Å². The van der Waals surface area contributed by atoms with Crippen molar-refractivity contribution in [2.24, 2.45) is 5.92 Å². The molecule has 2 rings (SSSR count). The van der Waals surface area contributed by atoms with Crippen LogP contribution >= 0.6 is 0 Å². The molecule has 1 aliphatic carbocycles. The summed E-state index contributed by atoms with van der Waals surface area (Å²) in [7, 11) is -1.61. The second-order valence-electron chi connectivity index (χ2n) is 5.13. The highest BCUT2D eigenvalue weighted by Gasteiger charge is 2.37. The lowest BCUT2D eigenvalue weighted by molar-refractivity contribution is 0.0462. The van der Waals surface area contributed by atoms with Crippen LogP contribution in [0.1, 0.15) is 19.3 Å². The maximum atomic E-state index is 11.9. The molecule has 16 heavy (non-hydrogen) atoms. The van der Waals surface area contributed by atoms with E-state index in [1.165, 1.54) is 4.31 Å². The minimum Gasteiger partial charge on any atom is -0.387 e. The minimum atomic E-state index is -3.18. The Kier molecular flexibility index (Phi) is 3.27. The van der Waals surface area contributed by atoms with E-state index in [2.05, 4.69) is 5.32 Å². The van der Waals surface area contributed by atoms with Gasteiger partial charge in [-0.15, -0.1) is 0 Å². The topological polar surface area (TPSA) is 69.6 Å². The van der Waals surface area contributed by atoms with E-state index >= 15 is 0 Å². The minimum absolute atomic E-state index is 0.203. The van der Waals surface area contributed by atoms with Crippen LogP contribution in [0.2, 0.25) is 0 Å². The molecule has 2 aliphatic rings. The van der Waals surface area contributed by atoms with Crippen molar-refractivity contribution in [2.45, 2.75) is 24.9 Å². The molecule has 2 fully saturated rings. The number of nitrogens with zero attached hydrogens (tertiary/aromatic N) is 1. The first-order valence-electron chi connectivity index (χ1n) is 5.78. The first-order chi connectivity index (χ1) is 7.41. The van der Waals surface area contributed by atoms with E-state index in [4.69, 9.17) is 0 Å². The van der Waals surface area contributed by atoms with Gasteiger partial charge in [-0.25, -0.2) is 12.7 Å². The van der Waals surface area contributed by atoms with Crippen LogP contribution < -0.4 is 5.32 Å². The molecule has 0 spiro atoms. The van der Waals surface area contributed by atoms with Crippen molar-refractivity contribution in [1.82, 2.24) is 9.62 Å². The maximum absolute atomic E-state index is 11.9. The largest absolute Gasteiger partial charge is 0.387 e. The van der Waals surface area contributed by atoms with E-state index < -0.39 is 15.6 Å². The van der Waals surface area contributed by atoms with Crippen molar-refractivity contribution in [3.05, 3.63) is 0 Å². The number of nitrogens with one attached hydrogen (secondary N) is 1. The van der Waals surface area contributed by atoms with Crippen LogP contribution in [0.5, 0.6) is 0 Å². The number of hydrogen-bond donors (Lipinski definition) is 2. The van der Waals surface area contributed by atoms with E-state index in [1.54, 1.807) is 7.05 Å². The van der Waals surface area contributed by atoms with Gasteiger partial charge in [0.05, 0.1) is 11.4 Å². The summed E-state index contributed by atoms with van der Waals surface area (Å²) < 4.78 is 25.1. The van der Waals surface area contributed by atoms with Gasteiger partial charge in [0.15, 0.2) is 0 Å². The van der Waals surface area contributed by atoms with E-state index in [9.17, 15) is 13.5 Å². The molecule has 1 saturated heterocycles. The summed E-state index contributed by atoms with van der Waals surface area (Å²) in [5.41, 5.74) is -0.884. The lowest BCUT2D eigenvalue weighted by Crippen LogP contribution is -2.46. The molecule has 0 aromatic carbocycles. The first kappa shape index (κ1) is 12.3. The van der Waals surface area contributed by atoms with Crippen molar-refractivity contribution in [2.75, 3.05) is 32.4 Å². The third-order valence-electron chi connectivity index (χ3n) is 3.36. The van der Waals surface area contributed by atoms with Crippen LogP contribution in [0.3, 0.4) is 0 Å². The molecule has 0 bridgehead atoms. The van der Waals surface area contributed by atoms with Gasteiger partial charge in [-0.1, -0.05) is 0 Å². The summed E-state index contributed by atoms with van der Waals surface area (Å²) in [6.45, 7) is 1.44. The maximum Gasteiger partial charge on any atom is 0.214 e. The number of sulfonamides is 1. The van der Waals surface area contributed by atoms with Gasteiger partial charge in [0, 0.05) is 20.1 Å².